The third kappa shape index (κ3) is 5.15. The second kappa shape index (κ2) is 9.30. The van der Waals surface area contributed by atoms with Crippen molar-refractivity contribution in [3.63, 3.8) is 0 Å². The molecule has 0 saturated heterocycles. The number of thiophene rings is 1. The highest BCUT2D eigenvalue weighted by Gasteiger charge is 2.18. The molecule has 0 aliphatic carbocycles. The van der Waals surface area contributed by atoms with Gasteiger partial charge >= 0.3 is 5.97 Å². The summed E-state index contributed by atoms with van der Waals surface area (Å²) in [7, 11) is 1.38. The van der Waals surface area contributed by atoms with Crippen LogP contribution in [0.4, 0.5) is 5.00 Å². The molecule has 0 aliphatic rings. The lowest BCUT2D eigenvalue weighted by molar-refractivity contribution is 0.0602. The zero-order valence-corrected chi connectivity index (χ0v) is 16.5. The van der Waals surface area contributed by atoms with E-state index in [2.05, 4.69) is 22.8 Å². The maximum Gasteiger partial charge on any atom is 0.340 e. The Bertz CT molecular complexity index is 908. The predicted octanol–water partition coefficient (Wildman–Crippen LogP) is 4.73. The highest BCUT2D eigenvalue weighted by atomic mass is 32.1. The first kappa shape index (κ1) is 19.1. The Kier molecular flexibility index (Phi) is 6.57. The summed E-state index contributed by atoms with van der Waals surface area (Å²) in [5, 5.41) is 7.49. The van der Waals surface area contributed by atoms with Gasteiger partial charge in [-0.05, 0) is 35.8 Å². The number of hydrogen-bond donors (Lipinski definition) is 2. The van der Waals surface area contributed by atoms with Gasteiger partial charge in [0.15, 0.2) is 5.11 Å². The molecule has 0 fully saturated rings. The Morgan fingerprint density at radius 2 is 1.74 bits per heavy atom. The second-order valence-corrected chi connectivity index (χ2v) is 7.29. The molecular formula is C21H20N2O2S2. The zero-order valence-electron chi connectivity index (χ0n) is 14.9. The number of rotatable bonds is 6. The Morgan fingerprint density at radius 3 is 2.41 bits per heavy atom. The molecule has 0 unspecified atom stereocenters. The summed E-state index contributed by atoms with van der Waals surface area (Å²) in [6, 6.07) is 21.9. The second-order valence-electron chi connectivity index (χ2n) is 5.83. The number of thiocarbonyl (C=S) groups is 1. The molecule has 0 amide bonds. The standard InChI is InChI=1S/C21H20N2O2S2/c1-25-20(24)17-14-18(16-10-6-3-7-11-16)27-19(17)23-21(26)22-13-12-15-8-4-2-5-9-15/h2-11,14H,12-13H2,1H3,(H2,22,23,26). The molecule has 4 nitrogen and oxygen atoms in total. The first-order valence-electron chi connectivity index (χ1n) is 8.53. The summed E-state index contributed by atoms with van der Waals surface area (Å²) in [6.45, 7) is 0.709. The molecule has 138 valence electrons. The molecule has 3 rings (SSSR count). The van der Waals surface area contributed by atoms with Crippen molar-refractivity contribution in [2.24, 2.45) is 0 Å². The van der Waals surface area contributed by atoms with E-state index < -0.39 is 0 Å². The number of nitrogens with one attached hydrogen (secondary N) is 2. The maximum atomic E-state index is 12.1. The monoisotopic (exact) mass is 396 g/mol. The molecule has 0 radical (unpaired) electrons. The van der Waals surface area contributed by atoms with E-state index in [0.717, 1.165) is 16.9 Å². The van der Waals surface area contributed by atoms with Crippen molar-refractivity contribution < 1.29 is 9.53 Å². The van der Waals surface area contributed by atoms with Crippen LogP contribution in [0.2, 0.25) is 0 Å². The van der Waals surface area contributed by atoms with Crippen LogP contribution in [-0.4, -0.2) is 24.7 Å². The molecule has 1 aromatic heterocycles. The number of esters is 1. The first-order valence-corrected chi connectivity index (χ1v) is 9.76. The minimum Gasteiger partial charge on any atom is -0.465 e. The van der Waals surface area contributed by atoms with E-state index >= 15 is 0 Å². The molecule has 2 aromatic carbocycles. The Hall–Kier alpha value is -2.70. The van der Waals surface area contributed by atoms with Gasteiger partial charge < -0.3 is 15.4 Å². The largest absolute Gasteiger partial charge is 0.465 e. The molecule has 3 aromatic rings. The van der Waals surface area contributed by atoms with E-state index in [1.165, 1.54) is 24.0 Å². The van der Waals surface area contributed by atoms with E-state index in [9.17, 15) is 4.79 Å². The van der Waals surface area contributed by atoms with Crippen molar-refractivity contribution >= 4 is 39.6 Å². The zero-order chi connectivity index (χ0) is 19.1. The van der Waals surface area contributed by atoms with Crippen LogP contribution in [0, 0.1) is 0 Å². The quantitative estimate of drug-likeness (QED) is 0.466. The van der Waals surface area contributed by atoms with Crippen LogP contribution in [0.1, 0.15) is 15.9 Å². The number of anilines is 1. The summed E-state index contributed by atoms with van der Waals surface area (Å²) in [6.07, 6.45) is 0.867. The molecule has 6 heteroatoms. The van der Waals surface area contributed by atoms with Gasteiger partial charge in [-0.25, -0.2) is 4.79 Å². The average molecular weight is 397 g/mol. The van der Waals surface area contributed by atoms with Gasteiger partial charge in [-0.3, -0.25) is 0 Å². The summed E-state index contributed by atoms with van der Waals surface area (Å²) >= 11 is 6.87. The van der Waals surface area contributed by atoms with Crippen LogP contribution < -0.4 is 10.6 Å². The van der Waals surface area contributed by atoms with Gasteiger partial charge in [0, 0.05) is 11.4 Å². The van der Waals surface area contributed by atoms with Gasteiger partial charge in [0.2, 0.25) is 0 Å². The maximum absolute atomic E-state index is 12.1. The van der Waals surface area contributed by atoms with Crippen LogP contribution in [0.15, 0.2) is 66.7 Å². The molecule has 27 heavy (non-hydrogen) atoms. The van der Waals surface area contributed by atoms with Gasteiger partial charge in [-0.15, -0.1) is 11.3 Å². The van der Waals surface area contributed by atoms with Crippen LogP contribution in [0.3, 0.4) is 0 Å². The Labute approximate surface area is 168 Å². The van der Waals surface area contributed by atoms with Crippen molar-refractivity contribution in [2.45, 2.75) is 6.42 Å². The molecular weight excluding hydrogens is 376 g/mol. The van der Waals surface area contributed by atoms with Crippen LogP contribution >= 0.6 is 23.6 Å². The molecule has 0 aliphatic heterocycles. The Morgan fingerprint density at radius 1 is 1.07 bits per heavy atom. The van der Waals surface area contributed by atoms with E-state index in [1.54, 1.807) is 0 Å². The van der Waals surface area contributed by atoms with Crippen LogP contribution in [0.5, 0.6) is 0 Å². The van der Waals surface area contributed by atoms with Crippen molar-refractivity contribution in [3.05, 3.63) is 77.9 Å². The fourth-order valence-corrected chi connectivity index (χ4v) is 3.93. The highest BCUT2D eigenvalue weighted by Crippen LogP contribution is 2.35. The SMILES string of the molecule is COC(=O)c1cc(-c2ccccc2)sc1NC(=S)NCCc1ccccc1. The Balaban J connectivity index is 1.68. The number of carbonyl (C=O) groups is 1. The lowest BCUT2D eigenvalue weighted by Gasteiger charge is -2.10. The number of benzene rings is 2. The van der Waals surface area contributed by atoms with Crippen molar-refractivity contribution in [1.82, 2.24) is 5.32 Å². The molecule has 0 saturated carbocycles. The van der Waals surface area contributed by atoms with E-state index in [4.69, 9.17) is 17.0 Å². The molecule has 0 spiro atoms. The van der Waals surface area contributed by atoms with Gasteiger partial charge in [0.25, 0.3) is 0 Å². The lowest BCUT2D eigenvalue weighted by atomic mass is 10.1. The van der Waals surface area contributed by atoms with Gasteiger partial charge in [0.1, 0.15) is 5.00 Å². The van der Waals surface area contributed by atoms with E-state index in [1.807, 2.05) is 54.6 Å². The molecule has 1 heterocycles. The number of carbonyl (C=O) groups excluding carboxylic acids is 1. The average Bonchev–Trinajstić information content (AvgIpc) is 3.12. The van der Waals surface area contributed by atoms with Gasteiger partial charge in [-0.2, -0.15) is 0 Å². The summed E-state index contributed by atoms with van der Waals surface area (Å²) < 4.78 is 4.91. The van der Waals surface area contributed by atoms with E-state index in [0.29, 0.717) is 22.2 Å². The molecule has 0 bridgehead atoms. The van der Waals surface area contributed by atoms with Gasteiger partial charge in [0.05, 0.1) is 12.7 Å². The van der Waals surface area contributed by atoms with Crippen molar-refractivity contribution in [2.75, 3.05) is 19.0 Å². The summed E-state index contributed by atoms with van der Waals surface area (Å²) in [5.41, 5.74) is 2.77. The minimum atomic E-state index is -0.386. The smallest absolute Gasteiger partial charge is 0.340 e. The third-order valence-electron chi connectivity index (χ3n) is 3.96. The number of ether oxygens (including phenoxy) is 1. The molecule has 0 atom stereocenters. The third-order valence-corrected chi connectivity index (χ3v) is 5.31. The highest BCUT2D eigenvalue weighted by molar-refractivity contribution is 7.80. The van der Waals surface area contributed by atoms with Gasteiger partial charge in [-0.1, -0.05) is 60.7 Å². The number of methoxy groups -OCH3 is 1. The minimum absolute atomic E-state index is 0.386. The van der Waals surface area contributed by atoms with Crippen LogP contribution in [-0.2, 0) is 11.2 Å². The fourth-order valence-electron chi connectivity index (χ4n) is 2.60. The first-order chi connectivity index (χ1) is 13.2. The normalized spacial score (nSPS) is 10.3. The molecule has 2 N–H and O–H groups in total. The lowest BCUT2D eigenvalue weighted by Crippen LogP contribution is -2.30. The fraction of sp³-hybridized carbons (Fsp3) is 0.143. The summed E-state index contributed by atoms with van der Waals surface area (Å²) in [5.74, 6) is -0.386. The predicted molar refractivity (Wildman–Crippen MR) is 115 cm³/mol. The summed E-state index contributed by atoms with van der Waals surface area (Å²) in [4.78, 5) is 13.1. The van der Waals surface area contributed by atoms with E-state index in [-0.39, 0.29) is 5.97 Å². The topological polar surface area (TPSA) is 50.4 Å². The van der Waals surface area contributed by atoms with Crippen LogP contribution in [0.25, 0.3) is 10.4 Å². The van der Waals surface area contributed by atoms with Crippen molar-refractivity contribution in [1.29, 1.82) is 0 Å². The number of hydrogen-bond acceptors (Lipinski definition) is 4. The van der Waals surface area contributed by atoms with Crippen molar-refractivity contribution in [3.8, 4) is 10.4 Å².